The maximum Gasteiger partial charge on any atom is 0.243 e. The first-order valence-corrected chi connectivity index (χ1v) is 8.00. The molecule has 0 aliphatic heterocycles. The largest absolute Gasteiger partial charge is 0.394 e. The second kappa shape index (κ2) is 5.47. The van der Waals surface area contributed by atoms with Gasteiger partial charge in [0.2, 0.25) is 10.0 Å². The van der Waals surface area contributed by atoms with Gasteiger partial charge in [0.05, 0.1) is 0 Å². The normalized spacial score (nSPS) is 11.8. The minimum Gasteiger partial charge on any atom is -0.394 e. The van der Waals surface area contributed by atoms with Gasteiger partial charge in [-0.3, -0.25) is 0 Å². The summed E-state index contributed by atoms with van der Waals surface area (Å²) in [5.41, 5.74) is 6.09. The summed E-state index contributed by atoms with van der Waals surface area (Å²) in [6.07, 6.45) is 0. The van der Waals surface area contributed by atoms with Crippen LogP contribution in [-0.2, 0) is 16.6 Å². The highest BCUT2D eigenvalue weighted by Crippen LogP contribution is 2.23. The van der Waals surface area contributed by atoms with E-state index in [0.29, 0.717) is 0 Å². The molecule has 0 amide bonds. The fourth-order valence-electron chi connectivity index (χ4n) is 1.58. The summed E-state index contributed by atoms with van der Waals surface area (Å²) in [5.74, 6) is -2.27. The number of thiophene rings is 1. The summed E-state index contributed by atoms with van der Waals surface area (Å²) in [7, 11) is -4.09. The highest BCUT2D eigenvalue weighted by Gasteiger charge is 2.22. The average Bonchev–Trinajstić information content (AvgIpc) is 2.79. The molecular weight excluding hydrogens is 306 g/mol. The first kappa shape index (κ1) is 14.9. The average molecular weight is 318 g/mol. The summed E-state index contributed by atoms with van der Waals surface area (Å²) >= 11 is 1.44. The molecule has 1 heterocycles. The number of hydrogen-bond acceptors (Lipinski definition) is 4. The Morgan fingerprint density at radius 1 is 1.30 bits per heavy atom. The standard InChI is InChI=1S/C12H12F2N2O2S2/c1-7-5-19-6-8(7)4-16-20(17,18)10-3-2-9(13)12(15)11(10)14/h2-3,5-6,16H,4,15H2,1H3. The Morgan fingerprint density at radius 3 is 2.60 bits per heavy atom. The zero-order valence-corrected chi connectivity index (χ0v) is 12.1. The first-order valence-electron chi connectivity index (χ1n) is 5.57. The number of benzene rings is 1. The quantitative estimate of drug-likeness (QED) is 0.850. The van der Waals surface area contributed by atoms with Gasteiger partial charge in [0.15, 0.2) is 5.82 Å². The van der Waals surface area contributed by atoms with Crippen LogP contribution in [-0.4, -0.2) is 8.42 Å². The molecule has 4 nitrogen and oxygen atoms in total. The third-order valence-electron chi connectivity index (χ3n) is 2.79. The van der Waals surface area contributed by atoms with Crippen molar-refractivity contribution in [3.05, 3.63) is 45.7 Å². The van der Waals surface area contributed by atoms with Crippen molar-refractivity contribution in [3.8, 4) is 0 Å². The zero-order valence-electron chi connectivity index (χ0n) is 10.5. The molecule has 3 N–H and O–H groups in total. The first-order chi connectivity index (χ1) is 9.33. The Kier molecular flexibility index (Phi) is 4.07. The van der Waals surface area contributed by atoms with E-state index in [1.165, 1.54) is 11.3 Å². The van der Waals surface area contributed by atoms with E-state index in [2.05, 4.69) is 4.72 Å². The number of anilines is 1. The van der Waals surface area contributed by atoms with Gasteiger partial charge >= 0.3 is 0 Å². The molecule has 0 unspecified atom stereocenters. The molecule has 0 radical (unpaired) electrons. The highest BCUT2D eigenvalue weighted by molar-refractivity contribution is 7.89. The number of hydrogen-bond donors (Lipinski definition) is 2. The molecule has 2 rings (SSSR count). The van der Waals surface area contributed by atoms with E-state index in [1.54, 1.807) is 5.38 Å². The van der Waals surface area contributed by atoms with E-state index in [1.807, 2.05) is 12.3 Å². The minimum absolute atomic E-state index is 0.0361. The van der Waals surface area contributed by atoms with Crippen molar-refractivity contribution >= 4 is 27.0 Å². The number of sulfonamides is 1. The van der Waals surface area contributed by atoms with Gasteiger partial charge in [-0.2, -0.15) is 11.3 Å². The third-order valence-corrected chi connectivity index (χ3v) is 5.12. The van der Waals surface area contributed by atoms with Crippen molar-refractivity contribution in [2.24, 2.45) is 0 Å². The van der Waals surface area contributed by atoms with Gasteiger partial charge in [-0.25, -0.2) is 21.9 Å². The van der Waals surface area contributed by atoms with Crippen LogP contribution in [0.2, 0.25) is 0 Å². The van der Waals surface area contributed by atoms with Crippen molar-refractivity contribution in [1.29, 1.82) is 0 Å². The Balaban J connectivity index is 2.27. The number of nitrogens with one attached hydrogen (secondary N) is 1. The van der Waals surface area contributed by atoms with Gasteiger partial charge in [-0.15, -0.1) is 0 Å². The number of aryl methyl sites for hydroxylation is 1. The molecule has 0 aliphatic rings. The smallest absolute Gasteiger partial charge is 0.243 e. The van der Waals surface area contributed by atoms with Crippen LogP contribution in [0.4, 0.5) is 14.5 Å². The maximum absolute atomic E-state index is 13.7. The maximum atomic E-state index is 13.7. The summed E-state index contributed by atoms with van der Waals surface area (Å²) in [6.45, 7) is 1.88. The van der Waals surface area contributed by atoms with Gasteiger partial charge < -0.3 is 5.73 Å². The zero-order chi connectivity index (χ0) is 14.9. The lowest BCUT2D eigenvalue weighted by atomic mass is 10.2. The Hall–Kier alpha value is -1.51. The molecule has 0 spiro atoms. The van der Waals surface area contributed by atoms with Crippen LogP contribution in [0.5, 0.6) is 0 Å². The molecule has 0 aliphatic carbocycles. The summed E-state index contributed by atoms with van der Waals surface area (Å²) < 4.78 is 53.0. The molecule has 0 fully saturated rings. The predicted molar refractivity (Wildman–Crippen MR) is 73.9 cm³/mol. The topological polar surface area (TPSA) is 72.2 Å². The lowest BCUT2D eigenvalue weighted by Gasteiger charge is -2.09. The summed E-state index contributed by atoms with van der Waals surface area (Å²) in [5, 5.41) is 3.67. The Morgan fingerprint density at radius 2 is 2.00 bits per heavy atom. The van der Waals surface area contributed by atoms with E-state index >= 15 is 0 Å². The van der Waals surface area contributed by atoms with Crippen LogP contribution in [0.25, 0.3) is 0 Å². The van der Waals surface area contributed by atoms with Crippen LogP contribution in [0.1, 0.15) is 11.1 Å². The van der Waals surface area contributed by atoms with Crippen LogP contribution >= 0.6 is 11.3 Å². The number of nitrogen functional groups attached to an aromatic ring is 1. The van der Waals surface area contributed by atoms with Crippen molar-refractivity contribution in [3.63, 3.8) is 0 Å². The predicted octanol–water partition coefficient (Wildman–Crippen LogP) is 2.40. The highest BCUT2D eigenvalue weighted by atomic mass is 32.2. The lowest BCUT2D eigenvalue weighted by Crippen LogP contribution is -2.24. The van der Waals surface area contributed by atoms with Gasteiger partial charge in [-0.05, 0) is 40.9 Å². The van der Waals surface area contributed by atoms with E-state index in [-0.39, 0.29) is 6.54 Å². The molecule has 0 saturated heterocycles. The van der Waals surface area contributed by atoms with E-state index in [9.17, 15) is 17.2 Å². The van der Waals surface area contributed by atoms with Crippen LogP contribution < -0.4 is 10.5 Å². The molecule has 0 saturated carbocycles. The number of halogens is 2. The van der Waals surface area contributed by atoms with Gasteiger partial charge in [0.1, 0.15) is 16.4 Å². The van der Waals surface area contributed by atoms with Crippen molar-refractivity contribution in [2.45, 2.75) is 18.4 Å². The van der Waals surface area contributed by atoms with Crippen molar-refractivity contribution < 1.29 is 17.2 Å². The second-order valence-electron chi connectivity index (χ2n) is 4.18. The van der Waals surface area contributed by atoms with E-state index in [0.717, 1.165) is 23.3 Å². The molecule has 8 heteroatoms. The number of nitrogens with two attached hydrogens (primary N) is 1. The lowest BCUT2D eigenvalue weighted by molar-refractivity contribution is 0.548. The third kappa shape index (κ3) is 2.82. The molecular formula is C12H12F2N2O2S2. The van der Waals surface area contributed by atoms with Gasteiger partial charge in [0, 0.05) is 6.54 Å². The van der Waals surface area contributed by atoms with E-state index in [4.69, 9.17) is 5.73 Å². The van der Waals surface area contributed by atoms with Gasteiger partial charge in [0.25, 0.3) is 0 Å². The SMILES string of the molecule is Cc1cscc1CNS(=O)(=O)c1ccc(F)c(N)c1F. The summed E-state index contributed by atoms with van der Waals surface area (Å²) in [6, 6.07) is 1.67. The van der Waals surface area contributed by atoms with Crippen molar-refractivity contribution in [1.82, 2.24) is 4.72 Å². The molecule has 1 aromatic heterocycles. The van der Waals surface area contributed by atoms with Gasteiger partial charge in [-0.1, -0.05) is 0 Å². The summed E-state index contributed by atoms with van der Waals surface area (Å²) in [4.78, 5) is -0.663. The molecule has 2 aromatic rings. The Bertz CT molecular complexity index is 742. The molecule has 20 heavy (non-hydrogen) atoms. The second-order valence-corrected chi connectivity index (χ2v) is 6.66. The number of rotatable bonds is 4. The van der Waals surface area contributed by atoms with E-state index < -0.39 is 32.2 Å². The fraction of sp³-hybridized carbons (Fsp3) is 0.167. The van der Waals surface area contributed by atoms with Crippen LogP contribution in [0.3, 0.4) is 0 Å². The van der Waals surface area contributed by atoms with Crippen LogP contribution in [0.15, 0.2) is 27.8 Å². The minimum atomic E-state index is -4.09. The Labute approximate surface area is 119 Å². The molecule has 0 bridgehead atoms. The fourth-order valence-corrected chi connectivity index (χ4v) is 3.53. The monoisotopic (exact) mass is 318 g/mol. The van der Waals surface area contributed by atoms with Crippen molar-refractivity contribution in [2.75, 3.05) is 5.73 Å². The molecule has 1 aromatic carbocycles. The van der Waals surface area contributed by atoms with Crippen LogP contribution in [0, 0.1) is 18.6 Å². The molecule has 0 atom stereocenters. The molecule has 108 valence electrons.